The molecule has 6 heteroatoms. The molecular weight excluding hydrogens is 320 g/mol. The fraction of sp³-hybridized carbons (Fsp3) is 0.632. The van der Waals surface area contributed by atoms with E-state index in [1.54, 1.807) is 36.8 Å². The van der Waals surface area contributed by atoms with Crippen molar-refractivity contribution in [1.82, 2.24) is 9.80 Å². The molecule has 25 heavy (non-hydrogen) atoms. The van der Waals surface area contributed by atoms with Gasteiger partial charge in [-0.05, 0) is 31.8 Å². The molecule has 0 bridgehead atoms. The van der Waals surface area contributed by atoms with Gasteiger partial charge in [-0.3, -0.25) is 14.4 Å². The van der Waals surface area contributed by atoms with Crippen LogP contribution in [-0.2, 0) is 14.4 Å². The SMILES string of the molecule is CCC(=O)N1[C@@H](N(C)C(C)=O)CCC(=O)[C@@H]1CC1=CCC(C)(O)C=C1. The number of carbonyl (C=O) groups is 3. The predicted molar refractivity (Wildman–Crippen MR) is 94.5 cm³/mol. The first kappa shape index (κ1) is 19.4. The molecule has 1 N–H and O–H groups in total. The third-order valence-electron chi connectivity index (χ3n) is 5.07. The molecule has 2 aliphatic rings. The Hall–Kier alpha value is -1.95. The van der Waals surface area contributed by atoms with Crippen molar-refractivity contribution in [2.75, 3.05) is 7.05 Å². The number of Topliss-reactive ketones (excluding diaryl/α,β-unsaturated/α-hetero) is 1. The Kier molecular flexibility index (Phi) is 5.83. The summed E-state index contributed by atoms with van der Waals surface area (Å²) >= 11 is 0. The molecule has 1 aliphatic heterocycles. The number of ketones is 1. The number of hydrogen-bond acceptors (Lipinski definition) is 4. The van der Waals surface area contributed by atoms with E-state index in [2.05, 4.69) is 0 Å². The van der Waals surface area contributed by atoms with Crippen LogP contribution in [0.15, 0.2) is 23.8 Å². The van der Waals surface area contributed by atoms with Gasteiger partial charge in [0.2, 0.25) is 11.8 Å². The molecule has 2 amide bonds. The highest BCUT2D eigenvalue weighted by atomic mass is 16.3. The molecule has 0 aromatic heterocycles. The van der Waals surface area contributed by atoms with Crippen LogP contribution in [0.1, 0.15) is 52.9 Å². The van der Waals surface area contributed by atoms with E-state index in [9.17, 15) is 19.5 Å². The number of allylic oxidation sites excluding steroid dienone is 1. The number of likely N-dealkylation sites (tertiary alicyclic amines) is 1. The second-order valence-corrected chi connectivity index (χ2v) is 7.16. The molecule has 2 rings (SSSR count). The first-order valence-electron chi connectivity index (χ1n) is 8.84. The molecule has 1 saturated heterocycles. The van der Waals surface area contributed by atoms with Crippen LogP contribution in [0.5, 0.6) is 0 Å². The Labute approximate surface area is 149 Å². The van der Waals surface area contributed by atoms with Crippen molar-refractivity contribution in [2.45, 2.75) is 70.7 Å². The average Bonchev–Trinajstić information content (AvgIpc) is 2.56. The number of nitrogens with zero attached hydrogens (tertiary/aromatic N) is 2. The van der Waals surface area contributed by atoms with Crippen molar-refractivity contribution >= 4 is 17.6 Å². The Bertz CT molecular complexity index is 621. The summed E-state index contributed by atoms with van der Waals surface area (Å²) in [6.07, 6.45) is 7.09. The Balaban J connectivity index is 2.27. The molecular formula is C19H28N2O4. The van der Waals surface area contributed by atoms with E-state index in [1.807, 2.05) is 12.2 Å². The molecule has 0 spiro atoms. The molecule has 0 aromatic carbocycles. The first-order chi connectivity index (χ1) is 11.7. The van der Waals surface area contributed by atoms with Gasteiger partial charge in [-0.25, -0.2) is 0 Å². The van der Waals surface area contributed by atoms with Crippen LogP contribution in [0.2, 0.25) is 0 Å². The fourth-order valence-corrected chi connectivity index (χ4v) is 3.40. The van der Waals surface area contributed by atoms with E-state index in [4.69, 9.17) is 0 Å². The van der Waals surface area contributed by atoms with Gasteiger partial charge in [0.15, 0.2) is 5.78 Å². The van der Waals surface area contributed by atoms with Crippen LogP contribution in [0.25, 0.3) is 0 Å². The summed E-state index contributed by atoms with van der Waals surface area (Å²) in [4.78, 5) is 40.1. The topological polar surface area (TPSA) is 77.9 Å². The Morgan fingerprint density at radius 1 is 1.44 bits per heavy atom. The highest BCUT2D eigenvalue weighted by Crippen LogP contribution is 2.30. The second kappa shape index (κ2) is 7.52. The van der Waals surface area contributed by atoms with Gasteiger partial charge in [0.05, 0.1) is 11.6 Å². The Morgan fingerprint density at radius 3 is 2.64 bits per heavy atom. The third kappa shape index (κ3) is 4.37. The quantitative estimate of drug-likeness (QED) is 0.840. The van der Waals surface area contributed by atoms with E-state index >= 15 is 0 Å². The van der Waals surface area contributed by atoms with Gasteiger partial charge in [-0.2, -0.15) is 0 Å². The van der Waals surface area contributed by atoms with Crippen LogP contribution in [0, 0.1) is 0 Å². The summed E-state index contributed by atoms with van der Waals surface area (Å²) in [6.45, 7) is 4.96. The van der Waals surface area contributed by atoms with Gasteiger partial charge >= 0.3 is 0 Å². The summed E-state index contributed by atoms with van der Waals surface area (Å²) in [5.74, 6) is -0.218. The average molecular weight is 348 g/mol. The van der Waals surface area contributed by atoms with E-state index in [0.29, 0.717) is 25.7 Å². The molecule has 1 fully saturated rings. The van der Waals surface area contributed by atoms with E-state index in [1.165, 1.54) is 6.92 Å². The zero-order chi connectivity index (χ0) is 18.8. The van der Waals surface area contributed by atoms with Crippen molar-refractivity contribution in [2.24, 2.45) is 0 Å². The van der Waals surface area contributed by atoms with Crippen LogP contribution in [-0.4, -0.2) is 57.4 Å². The minimum atomic E-state index is -0.865. The molecule has 0 saturated carbocycles. The van der Waals surface area contributed by atoms with Gasteiger partial charge < -0.3 is 14.9 Å². The summed E-state index contributed by atoms with van der Waals surface area (Å²) in [7, 11) is 1.67. The molecule has 0 aromatic rings. The Morgan fingerprint density at radius 2 is 2.12 bits per heavy atom. The lowest BCUT2D eigenvalue weighted by Crippen LogP contribution is -2.60. The van der Waals surface area contributed by atoms with Gasteiger partial charge in [0.1, 0.15) is 6.17 Å². The second-order valence-electron chi connectivity index (χ2n) is 7.16. The van der Waals surface area contributed by atoms with E-state index in [0.717, 1.165) is 5.57 Å². The lowest BCUT2D eigenvalue weighted by Gasteiger charge is -2.45. The number of hydrogen-bond donors (Lipinski definition) is 1. The molecule has 0 radical (unpaired) electrons. The summed E-state index contributed by atoms with van der Waals surface area (Å²) in [5.41, 5.74) is 0.0704. The molecule has 3 atom stereocenters. The van der Waals surface area contributed by atoms with Crippen molar-refractivity contribution in [3.8, 4) is 0 Å². The zero-order valence-corrected chi connectivity index (χ0v) is 15.5. The first-order valence-corrected chi connectivity index (χ1v) is 8.84. The van der Waals surface area contributed by atoms with Crippen molar-refractivity contribution < 1.29 is 19.5 Å². The van der Waals surface area contributed by atoms with Gasteiger partial charge in [-0.1, -0.05) is 25.2 Å². The van der Waals surface area contributed by atoms with Crippen LogP contribution in [0.3, 0.4) is 0 Å². The monoisotopic (exact) mass is 348 g/mol. The van der Waals surface area contributed by atoms with Crippen molar-refractivity contribution in [3.63, 3.8) is 0 Å². The molecule has 1 aliphatic carbocycles. The van der Waals surface area contributed by atoms with E-state index in [-0.39, 0.29) is 30.2 Å². The maximum Gasteiger partial charge on any atom is 0.224 e. The lowest BCUT2D eigenvalue weighted by molar-refractivity contribution is -0.156. The summed E-state index contributed by atoms with van der Waals surface area (Å²) in [6, 6.07) is -0.563. The van der Waals surface area contributed by atoms with E-state index < -0.39 is 11.6 Å². The maximum atomic E-state index is 12.6. The van der Waals surface area contributed by atoms with Gasteiger partial charge in [0.25, 0.3) is 0 Å². The highest BCUT2D eigenvalue weighted by molar-refractivity contribution is 5.91. The van der Waals surface area contributed by atoms with Gasteiger partial charge in [0, 0.05) is 26.8 Å². The summed E-state index contributed by atoms with van der Waals surface area (Å²) in [5, 5.41) is 10.00. The number of rotatable bonds is 4. The number of piperidine rings is 1. The standard InChI is InChI=1S/C19H28N2O4/c1-5-18(24)21-15(12-14-8-10-19(3,25)11-9-14)16(23)6-7-17(21)20(4)13(2)22/h8-10,15,17,25H,5-7,11-12H2,1-4H3/t15-,17+,19?/m0/s1. The largest absolute Gasteiger partial charge is 0.386 e. The fourth-order valence-electron chi connectivity index (χ4n) is 3.40. The minimum absolute atomic E-state index is 0.0293. The number of carbonyl (C=O) groups excluding carboxylic acids is 3. The molecule has 138 valence electrons. The third-order valence-corrected chi connectivity index (χ3v) is 5.07. The maximum absolute atomic E-state index is 12.6. The van der Waals surface area contributed by atoms with Crippen LogP contribution >= 0.6 is 0 Å². The van der Waals surface area contributed by atoms with Crippen LogP contribution in [0.4, 0.5) is 0 Å². The minimum Gasteiger partial charge on any atom is -0.386 e. The summed E-state index contributed by atoms with van der Waals surface area (Å²) < 4.78 is 0. The molecule has 1 heterocycles. The van der Waals surface area contributed by atoms with Crippen molar-refractivity contribution in [3.05, 3.63) is 23.8 Å². The van der Waals surface area contributed by atoms with Gasteiger partial charge in [-0.15, -0.1) is 0 Å². The number of amides is 2. The van der Waals surface area contributed by atoms with Crippen LogP contribution < -0.4 is 0 Å². The highest BCUT2D eigenvalue weighted by Gasteiger charge is 2.41. The number of aliphatic hydroxyl groups is 1. The molecule has 6 nitrogen and oxygen atoms in total. The normalized spacial score (nSPS) is 29.4. The van der Waals surface area contributed by atoms with Crippen molar-refractivity contribution in [1.29, 1.82) is 0 Å². The lowest BCUT2D eigenvalue weighted by atomic mass is 9.87. The molecule has 1 unspecified atom stereocenters. The zero-order valence-electron chi connectivity index (χ0n) is 15.5. The smallest absolute Gasteiger partial charge is 0.224 e. The predicted octanol–water partition coefficient (Wildman–Crippen LogP) is 1.79.